The number of hydrogen-bond donors (Lipinski definition) is 0. The minimum Gasteiger partial charge on any atom is -0.360 e. The van der Waals surface area contributed by atoms with E-state index < -0.39 is 18.9 Å². The third-order valence-corrected chi connectivity index (χ3v) is 4.67. The number of hydrogen-bond acceptors (Lipinski definition) is 3. The Labute approximate surface area is 107 Å². The van der Waals surface area contributed by atoms with Gasteiger partial charge in [-0.05, 0) is 12.1 Å². The van der Waals surface area contributed by atoms with Crippen LogP contribution in [0, 0.1) is 0 Å². The van der Waals surface area contributed by atoms with Crippen LogP contribution in [0.3, 0.4) is 0 Å². The topological polar surface area (TPSA) is 44.1 Å². The lowest BCUT2D eigenvalue weighted by Gasteiger charge is -2.15. The Kier molecular flexibility index (Phi) is 5.55. The Morgan fingerprint density at radius 3 is 2.76 bits per heavy atom. The summed E-state index contributed by atoms with van der Waals surface area (Å²) in [6, 6.07) is 3.06. The van der Waals surface area contributed by atoms with Gasteiger partial charge >= 0.3 is 0 Å². The summed E-state index contributed by atoms with van der Waals surface area (Å²) in [7, 11) is -1.84. The summed E-state index contributed by atoms with van der Waals surface area (Å²) in [5.74, 6) is 0.516. The molecule has 98 valence electrons. The average molecular weight is 274 g/mol. The van der Waals surface area contributed by atoms with Gasteiger partial charge in [0, 0.05) is 37.9 Å². The maximum Gasteiger partial charge on any atom is 0.139 e. The van der Waals surface area contributed by atoms with E-state index >= 15 is 0 Å². The zero-order valence-electron chi connectivity index (χ0n) is 11.1. The van der Waals surface area contributed by atoms with E-state index in [2.05, 4.69) is 24.7 Å². The Balaban J connectivity index is 2.28. The molecule has 0 aromatic carbocycles. The van der Waals surface area contributed by atoms with Crippen molar-refractivity contribution in [3.63, 3.8) is 0 Å². The first-order chi connectivity index (χ1) is 7.87. The molecular formula is C11H22N2O2SSi. The molecule has 6 heteroatoms. The third kappa shape index (κ3) is 6.75. The molecule has 4 nitrogen and oxygen atoms in total. The van der Waals surface area contributed by atoms with Crippen LogP contribution in [0.15, 0.2) is 12.3 Å². The molecule has 1 atom stereocenters. The van der Waals surface area contributed by atoms with Gasteiger partial charge in [0.05, 0.1) is 11.4 Å². The fourth-order valence-electron chi connectivity index (χ4n) is 1.30. The van der Waals surface area contributed by atoms with Gasteiger partial charge in [0.1, 0.15) is 6.73 Å². The van der Waals surface area contributed by atoms with Crippen molar-refractivity contribution in [2.75, 3.05) is 12.9 Å². The number of ether oxygens (including phenoxy) is 1. The van der Waals surface area contributed by atoms with E-state index in [1.807, 2.05) is 12.3 Å². The van der Waals surface area contributed by atoms with Crippen LogP contribution in [0.4, 0.5) is 0 Å². The highest BCUT2D eigenvalue weighted by Gasteiger charge is 2.12. The van der Waals surface area contributed by atoms with Gasteiger partial charge < -0.3 is 4.74 Å². The van der Waals surface area contributed by atoms with Crippen molar-refractivity contribution >= 4 is 18.9 Å². The van der Waals surface area contributed by atoms with Crippen LogP contribution in [-0.2, 0) is 28.0 Å². The van der Waals surface area contributed by atoms with Crippen LogP contribution in [0.1, 0.15) is 5.69 Å². The highest BCUT2D eigenvalue weighted by molar-refractivity contribution is 7.83. The van der Waals surface area contributed by atoms with Crippen LogP contribution in [0.5, 0.6) is 0 Å². The highest BCUT2D eigenvalue weighted by Crippen LogP contribution is 2.08. The van der Waals surface area contributed by atoms with E-state index in [1.54, 1.807) is 10.9 Å². The Bertz CT molecular complexity index is 374. The molecule has 0 amide bonds. The number of nitrogens with zero attached hydrogens (tertiary/aromatic N) is 2. The quantitative estimate of drug-likeness (QED) is 0.565. The van der Waals surface area contributed by atoms with Crippen LogP contribution in [0.25, 0.3) is 0 Å². The Hall–Kier alpha value is -0.463. The lowest BCUT2D eigenvalue weighted by molar-refractivity contribution is 0.0783. The fourth-order valence-corrected chi connectivity index (χ4v) is 2.62. The number of rotatable bonds is 7. The molecule has 17 heavy (non-hydrogen) atoms. The van der Waals surface area contributed by atoms with Gasteiger partial charge in [-0.25, -0.2) is 4.68 Å². The third-order valence-electron chi connectivity index (χ3n) is 2.27. The second kappa shape index (κ2) is 6.46. The minimum atomic E-state index is -1.01. The molecule has 1 aromatic rings. The summed E-state index contributed by atoms with van der Waals surface area (Å²) in [5, 5.41) is 4.29. The molecule has 0 fully saturated rings. The summed E-state index contributed by atoms with van der Waals surface area (Å²) in [5.41, 5.74) is 0.861. The standard InChI is InChI=1S/C11H22N2O2SSi/c1-16(14)9-11-5-6-13(12-11)10-15-7-8-17(2,3)4/h5-6H,7-10H2,1-4H3. The van der Waals surface area contributed by atoms with Gasteiger partial charge in [-0.3, -0.25) is 4.21 Å². The van der Waals surface area contributed by atoms with E-state index in [4.69, 9.17) is 4.74 Å². The van der Waals surface area contributed by atoms with Gasteiger partial charge in [0.2, 0.25) is 0 Å². The maximum absolute atomic E-state index is 11.0. The van der Waals surface area contributed by atoms with Crippen molar-refractivity contribution in [2.45, 2.75) is 38.2 Å². The van der Waals surface area contributed by atoms with E-state index in [1.165, 1.54) is 6.04 Å². The molecule has 0 bridgehead atoms. The van der Waals surface area contributed by atoms with E-state index in [-0.39, 0.29) is 0 Å². The van der Waals surface area contributed by atoms with Crippen LogP contribution in [0.2, 0.25) is 25.7 Å². The van der Waals surface area contributed by atoms with Crippen molar-refractivity contribution in [2.24, 2.45) is 0 Å². The van der Waals surface area contributed by atoms with Crippen molar-refractivity contribution in [1.29, 1.82) is 0 Å². The van der Waals surface area contributed by atoms with Gasteiger partial charge in [-0.15, -0.1) is 0 Å². The Morgan fingerprint density at radius 1 is 1.47 bits per heavy atom. The second-order valence-electron chi connectivity index (χ2n) is 5.41. The molecule has 0 aliphatic carbocycles. The molecule has 0 aliphatic rings. The molecule has 1 aromatic heterocycles. The molecule has 1 heterocycles. The average Bonchev–Trinajstić information content (AvgIpc) is 2.58. The summed E-state index contributed by atoms with van der Waals surface area (Å²) in [4.78, 5) is 0. The smallest absolute Gasteiger partial charge is 0.139 e. The molecule has 0 N–H and O–H groups in total. The van der Waals surface area contributed by atoms with Crippen molar-refractivity contribution in [1.82, 2.24) is 9.78 Å². The van der Waals surface area contributed by atoms with E-state index in [0.717, 1.165) is 12.3 Å². The summed E-state index contributed by atoms with van der Waals surface area (Å²) < 4.78 is 18.4. The first-order valence-electron chi connectivity index (χ1n) is 5.77. The molecule has 0 radical (unpaired) electrons. The highest BCUT2D eigenvalue weighted by atomic mass is 32.2. The molecule has 0 saturated heterocycles. The number of aromatic nitrogens is 2. The Morgan fingerprint density at radius 2 is 2.18 bits per heavy atom. The van der Waals surface area contributed by atoms with Gasteiger partial charge in [-0.1, -0.05) is 19.6 Å². The zero-order chi connectivity index (χ0) is 12.9. The van der Waals surface area contributed by atoms with Gasteiger partial charge in [0.15, 0.2) is 0 Å². The lowest BCUT2D eigenvalue weighted by atomic mass is 10.5. The molecule has 0 saturated carbocycles. The summed E-state index contributed by atoms with van der Waals surface area (Å²) >= 11 is 0. The minimum absolute atomic E-state index is 0.487. The maximum atomic E-state index is 11.0. The normalized spacial score (nSPS) is 13.9. The molecule has 1 unspecified atom stereocenters. The van der Waals surface area contributed by atoms with Crippen LogP contribution < -0.4 is 0 Å². The SMILES string of the molecule is CS(=O)Cc1ccn(COCC[Si](C)(C)C)n1. The van der Waals surface area contributed by atoms with Gasteiger partial charge in [0.25, 0.3) is 0 Å². The fraction of sp³-hybridized carbons (Fsp3) is 0.727. The predicted molar refractivity (Wildman–Crippen MR) is 74.1 cm³/mol. The van der Waals surface area contributed by atoms with E-state index in [0.29, 0.717) is 12.5 Å². The van der Waals surface area contributed by atoms with Crippen molar-refractivity contribution in [3.05, 3.63) is 18.0 Å². The van der Waals surface area contributed by atoms with Crippen molar-refractivity contribution in [3.8, 4) is 0 Å². The van der Waals surface area contributed by atoms with Crippen LogP contribution in [-0.4, -0.2) is 34.9 Å². The van der Waals surface area contributed by atoms with Crippen LogP contribution >= 0.6 is 0 Å². The molecule has 1 rings (SSSR count). The summed E-state index contributed by atoms with van der Waals surface area (Å²) in [6.45, 7) is 8.28. The molecular weight excluding hydrogens is 252 g/mol. The van der Waals surface area contributed by atoms with Crippen molar-refractivity contribution < 1.29 is 8.95 Å². The second-order valence-corrected chi connectivity index (χ2v) is 12.5. The molecule has 0 aliphatic heterocycles. The first kappa shape index (κ1) is 14.6. The van der Waals surface area contributed by atoms with E-state index in [9.17, 15) is 4.21 Å². The monoisotopic (exact) mass is 274 g/mol. The zero-order valence-corrected chi connectivity index (χ0v) is 12.9. The molecule has 0 spiro atoms. The summed E-state index contributed by atoms with van der Waals surface area (Å²) in [6.07, 6.45) is 3.56. The predicted octanol–water partition coefficient (Wildman–Crippen LogP) is 2.07. The van der Waals surface area contributed by atoms with Gasteiger partial charge in [-0.2, -0.15) is 5.10 Å². The first-order valence-corrected chi connectivity index (χ1v) is 11.2. The lowest BCUT2D eigenvalue weighted by Crippen LogP contribution is -2.22. The largest absolute Gasteiger partial charge is 0.360 e.